The first-order chi connectivity index (χ1) is 5.88. The zero-order chi connectivity index (χ0) is 8.81. The Morgan fingerprint density at radius 2 is 2.23 bits per heavy atom. The van der Waals surface area contributed by atoms with Gasteiger partial charge >= 0.3 is 0 Å². The van der Waals surface area contributed by atoms with Crippen LogP contribution < -0.4 is 0 Å². The van der Waals surface area contributed by atoms with Crippen molar-refractivity contribution < 1.29 is 32.7 Å². The van der Waals surface area contributed by atoms with Gasteiger partial charge in [-0.1, -0.05) is 6.92 Å². The molecule has 0 atom stereocenters. The van der Waals surface area contributed by atoms with Gasteiger partial charge in [-0.2, -0.15) is 18.2 Å². The SMILES string of the molecule is C[C-]=C(/C=C\C)c1[c-]cccc1.[Y]. The van der Waals surface area contributed by atoms with Crippen LogP contribution in [0.1, 0.15) is 19.4 Å². The maximum Gasteiger partial charge on any atom is 0 e. The molecule has 1 aromatic rings. The van der Waals surface area contributed by atoms with Crippen molar-refractivity contribution in [2.24, 2.45) is 0 Å². The molecule has 0 bridgehead atoms. The van der Waals surface area contributed by atoms with Crippen molar-refractivity contribution in [3.63, 3.8) is 0 Å². The average molecular weight is 245 g/mol. The van der Waals surface area contributed by atoms with Crippen LogP contribution in [0.5, 0.6) is 0 Å². The summed E-state index contributed by atoms with van der Waals surface area (Å²) in [5.41, 5.74) is 2.19. The van der Waals surface area contributed by atoms with E-state index in [1.54, 1.807) is 0 Å². The van der Waals surface area contributed by atoms with Gasteiger partial charge in [-0.05, 0) is 0 Å². The summed E-state index contributed by atoms with van der Waals surface area (Å²) in [6.45, 7) is 3.91. The standard InChI is InChI=1S/C12H12.Y/c1-3-8-11(4-2)12-9-6-5-7-10-12;/h3,5-9H,1-2H3;/q-2;/b8-3-;. The van der Waals surface area contributed by atoms with Crippen LogP contribution in [0.2, 0.25) is 0 Å². The summed E-state index contributed by atoms with van der Waals surface area (Å²) < 4.78 is 0. The summed E-state index contributed by atoms with van der Waals surface area (Å²) in [4.78, 5) is 0. The minimum Gasteiger partial charge on any atom is -0.273 e. The first kappa shape index (κ1) is 12.8. The molecule has 13 heavy (non-hydrogen) atoms. The molecule has 1 radical (unpaired) electrons. The van der Waals surface area contributed by atoms with E-state index in [2.05, 4.69) is 12.1 Å². The third kappa shape index (κ3) is 4.02. The van der Waals surface area contributed by atoms with Crippen LogP contribution in [0.4, 0.5) is 0 Å². The van der Waals surface area contributed by atoms with Gasteiger partial charge in [-0.25, -0.2) is 18.2 Å². The second-order valence-electron chi connectivity index (χ2n) is 2.44. The number of hydrogen-bond acceptors (Lipinski definition) is 0. The third-order valence-electron chi connectivity index (χ3n) is 1.60. The fourth-order valence-corrected chi connectivity index (χ4v) is 1.04. The van der Waals surface area contributed by atoms with Gasteiger partial charge in [0.15, 0.2) is 0 Å². The zero-order valence-corrected chi connectivity index (χ0v) is 10.9. The van der Waals surface area contributed by atoms with Crippen molar-refractivity contribution in [1.82, 2.24) is 0 Å². The molecule has 0 aliphatic heterocycles. The van der Waals surface area contributed by atoms with E-state index in [4.69, 9.17) is 0 Å². The Kier molecular flexibility index (Phi) is 7.12. The number of rotatable bonds is 2. The molecule has 0 aromatic heterocycles. The largest absolute Gasteiger partial charge is 0.273 e. The smallest absolute Gasteiger partial charge is 0 e. The Morgan fingerprint density at radius 1 is 1.46 bits per heavy atom. The molecule has 65 valence electrons. The van der Waals surface area contributed by atoms with Gasteiger partial charge in [0.25, 0.3) is 0 Å². The van der Waals surface area contributed by atoms with Crippen LogP contribution in [0.3, 0.4) is 0 Å². The molecule has 0 spiro atoms. The molecule has 1 aromatic carbocycles. The Bertz CT molecular complexity index is 283. The Morgan fingerprint density at radius 3 is 2.69 bits per heavy atom. The van der Waals surface area contributed by atoms with Crippen molar-refractivity contribution in [2.45, 2.75) is 13.8 Å². The molecule has 0 unspecified atom stereocenters. The summed E-state index contributed by atoms with van der Waals surface area (Å²) in [6, 6.07) is 11.1. The molecule has 0 nitrogen and oxygen atoms in total. The molecule has 0 saturated carbocycles. The molecule has 1 heteroatoms. The van der Waals surface area contributed by atoms with E-state index in [1.807, 2.05) is 50.3 Å². The summed E-state index contributed by atoms with van der Waals surface area (Å²) in [5.74, 6) is 0. The molecule has 0 aliphatic carbocycles. The van der Waals surface area contributed by atoms with E-state index >= 15 is 0 Å². The average Bonchev–Trinajstić information content (AvgIpc) is 2.15. The second kappa shape index (κ2) is 7.23. The minimum atomic E-state index is 0. The van der Waals surface area contributed by atoms with E-state index in [9.17, 15) is 0 Å². The third-order valence-corrected chi connectivity index (χ3v) is 1.60. The molecule has 0 amide bonds. The van der Waals surface area contributed by atoms with Gasteiger partial charge in [0.2, 0.25) is 0 Å². The van der Waals surface area contributed by atoms with Gasteiger partial charge in [0, 0.05) is 32.7 Å². The van der Waals surface area contributed by atoms with Crippen molar-refractivity contribution in [3.05, 3.63) is 54.1 Å². The first-order valence-corrected chi connectivity index (χ1v) is 4.03. The Balaban J connectivity index is 0.00000144. The predicted octanol–water partition coefficient (Wildman–Crippen LogP) is 3.27. The van der Waals surface area contributed by atoms with E-state index in [0.717, 1.165) is 11.1 Å². The Hall–Kier alpha value is -0.196. The maximum absolute atomic E-state index is 3.15. The topological polar surface area (TPSA) is 0 Å². The molecule has 1 rings (SSSR count). The van der Waals surface area contributed by atoms with Crippen LogP contribution in [0.25, 0.3) is 5.57 Å². The molecule has 0 saturated heterocycles. The first-order valence-electron chi connectivity index (χ1n) is 4.03. The van der Waals surface area contributed by atoms with Crippen molar-refractivity contribution >= 4 is 5.57 Å². The predicted molar refractivity (Wildman–Crippen MR) is 52.4 cm³/mol. The van der Waals surface area contributed by atoms with Crippen molar-refractivity contribution in [1.29, 1.82) is 0 Å². The zero-order valence-electron chi connectivity index (χ0n) is 8.04. The monoisotopic (exact) mass is 245 g/mol. The summed E-state index contributed by atoms with van der Waals surface area (Å²) in [6.07, 6.45) is 7.16. The number of benzene rings is 1. The van der Waals surface area contributed by atoms with E-state index < -0.39 is 0 Å². The van der Waals surface area contributed by atoms with Gasteiger partial charge < -0.3 is 0 Å². The van der Waals surface area contributed by atoms with E-state index in [0.29, 0.717) is 0 Å². The minimum absolute atomic E-state index is 0. The van der Waals surface area contributed by atoms with Gasteiger partial charge in [-0.15, -0.1) is 13.0 Å². The van der Waals surface area contributed by atoms with E-state index in [1.165, 1.54) is 0 Å². The van der Waals surface area contributed by atoms with Crippen LogP contribution in [-0.4, -0.2) is 0 Å². The van der Waals surface area contributed by atoms with Crippen LogP contribution in [-0.2, 0) is 32.7 Å². The Labute approximate surface area is 106 Å². The molecule has 0 N–H and O–H groups in total. The summed E-state index contributed by atoms with van der Waals surface area (Å²) in [5, 5.41) is 0. The fraction of sp³-hybridized carbons (Fsp3) is 0.167. The molecular weight excluding hydrogens is 233 g/mol. The molecule has 0 fully saturated rings. The fourth-order valence-electron chi connectivity index (χ4n) is 1.04. The van der Waals surface area contributed by atoms with Crippen LogP contribution in [0.15, 0.2) is 36.4 Å². The number of allylic oxidation sites excluding steroid dienone is 4. The molecule has 0 aliphatic rings. The molecule has 0 heterocycles. The van der Waals surface area contributed by atoms with Gasteiger partial charge in [0.1, 0.15) is 0 Å². The maximum atomic E-state index is 3.15. The van der Waals surface area contributed by atoms with Crippen molar-refractivity contribution in [2.75, 3.05) is 0 Å². The normalized spacial score (nSPS) is 11.4. The van der Waals surface area contributed by atoms with Crippen molar-refractivity contribution in [3.8, 4) is 0 Å². The quantitative estimate of drug-likeness (QED) is 0.554. The second-order valence-corrected chi connectivity index (χ2v) is 2.44. The summed E-state index contributed by atoms with van der Waals surface area (Å²) in [7, 11) is 0. The van der Waals surface area contributed by atoms with Gasteiger partial charge in [-0.3, -0.25) is 17.2 Å². The molecular formula is C12H12Y-2. The van der Waals surface area contributed by atoms with E-state index in [-0.39, 0.29) is 32.7 Å². The summed E-state index contributed by atoms with van der Waals surface area (Å²) >= 11 is 0. The van der Waals surface area contributed by atoms with Crippen LogP contribution >= 0.6 is 0 Å². The van der Waals surface area contributed by atoms with Gasteiger partial charge in [0.05, 0.1) is 0 Å². The van der Waals surface area contributed by atoms with Crippen LogP contribution in [0, 0.1) is 12.1 Å². The number of hydrogen-bond donors (Lipinski definition) is 0.